The van der Waals surface area contributed by atoms with Crippen LogP contribution in [0, 0.1) is 0 Å². The molecule has 0 bridgehead atoms. The largest absolute Gasteiger partial charge is 0.313 e. The molecule has 0 amide bonds. The maximum atomic E-state index is 6.07. The van der Waals surface area contributed by atoms with E-state index in [9.17, 15) is 0 Å². The number of nitrogens with one attached hydrogen (secondary N) is 1. The summed E-state index contributed by atoms with van der Waals surface area (Å²) in [5.74, 6) is 0.742. The van der Waals surface area contributed by atoms with E-state index >= 15 is 0 Å². The van der Waals surface area contributed by atoms with Gasteiger partial charge in [-0.15, -0.1) is 10.2 Å². The number of halogens is 2. The zero-order chi connectivity index (χ0) is 15.2. The van der Waals surface area contributed by atoms with Gasteiger partial charge in [0.25, 0.3) is 0 Å². The smallest absolute Gasteiger partial charge is 0.176 e. The number of tetrazole rings is 1. The first kappa shape index (κ1) is 16.2. The van der Waals surface area contributed by atoms with Gasteiger partial charge in [0.05, 0.1) is 17.1 Å². The fraction of sp³-hybridized carbons (Fsp3) is 0.500. The molecule has 0 aliphatic rings. The standard InChI is InChI=1S/C14H19Cl2N5/c1-3-6-17-11(9-14-18-20-21(2)19-14)7-10-4-5-12(15)13(16)8-10/h4-5,8,11,17H,3,6-7,9H2,1-2H3. The molecule has 114 valence electrons. The zero-order valence-corrected chi connectivity index (χ0v) is 13.7. The minimum absolute atomic E-state index is 0.242. The van der Waals surface area contributed by atoms with Crippen LogP contribution in [-0.2, 0) is 19.9 Å². The van der Waals surface area contributed by atoms with Crippen LogP contribution in [0.5, 0.6) is 0 Å². The first-order chi connectivity index (χ1) is 10.1. The quantitative estimate of drug-likeness (QED) is 0.849. The van der Waals surface area contributed by atoms with Gasteiger partial charge in [-0.3, -0.25) is 0 Å². The molecule has 0 radical (unpaired) electrons. The van der Waals surface area contributed by atoms with Gasteiger partial charge in [-0.25, -0.2) is 0 Å². The third-order valence-corrected chi connectivity index (χ3v) is 3.87. The molecular weight excluding hydrogens is 309 g/mol. The number of hydrogen-bond donors (Lipinski definition) is 1. The van der Waals surface area contributed by atoms with Crippen LogP contribution < -0.4 is 5.32 Å². The number of nitrogens with zero attached hydrogens (tertiary/aromatic N) is 4. The number of rotatable bonds is 7. The summed E-state index contributed by atoms with van der Waals surface area (Å²) in [4.78, 5) is 1.48. The van der Waals surface area contributed by atoms with E-state index in [2.05, 4.69) is 27.7 Å². The molecule has 1 aromatic heterocycles. The second-order valence-corrected chi connectivity index (χ2v) is 5.82. The molecule has 1 heterocycles. The number of benzene rings is 1. The van der Waals surface area contributed by atoms with Gasteiger partial charge in [-0.2, -0.15) is 4.80 Å². The zero-order valence-electron chi connectivity index (χ0n) is 12.2. The third kappa shape index (κ3) is 4.95. The Morgan fingerprint density at radius 2 is 2.05 bits per heavy atom. The van der Waals surface area contributed by atoms with E-state index in [0.29, 0.717) is 10.0 Å². The van der Waals surface area contributed by atoms with Crippen molar-refractivity contribution in [2.75, 3.05) is 6.54 Å². The molecule has 0 fully saturated rings. The Kier molecular flexibility index (Phi) is 5.96. The van der Waals surface area contributed by atoms with E-state index in [1.54, 1.807) is 7.05 Å². The van der Waals surface area contributed by atoms with E-state index in [1.807, 2.05) is 18.2 Å². The Morgan fingerprint density at radius 3 is 2.67 bits per heavy atom. The first-order valence-corrected chi connectivity index (χ1v) is 7.74. The summed E-state index contributed by atoms with van der Waals surface area (Å²) >= 11 is 12.0. The lowest BCUT2D eigenvalue weighted by Crippen LogP contribution is -2.34. The van der Waals surface area contributed by atoms with Crippen molar-refractivity contribution in [3.63, 3.8) is 0 Å². The summed E-state index contributed by atoms with van der Waals surface area (Å²) in [7, 11) is 1.77. The highest BCUT2D eigenvalue weighted by molar-refractivity contribution is 6.42. The molecule has 1 N–H and O–H groups in total. The SMILES string of the molecule is CCCNC(Cc1ccc(Cl)c(Cl)c1)Cc1nnn(C)n1. The summed E-state index contributed by atoms with van der Waals surface area (Å²) in [6.45, 7) is 3.09. The lowest BCUT2D eigenvalue weighted by molar-refractivity contribution is 0.494. The van der Waals surface area contributed by atoms with Crippen LogP contribution in [0.25, 0.3) is 0 Å². The first-order valence-electron chi connectivity index (χ1n) is 6.98. The summed E-state index contributed by atoms with van der Waals surface area (Å²) in [6, 6.07) is 5.98. The number of hydrogen-bond acceptors (Lipinski definition) is 4. The van der Waals surface area contributed by atoms with Crippen molar-refractivity contribution in [3.8, 4) is 0 Å². The van der Waals surface area contributed by atoms with Crippen molar-refractivity contribution in [2.24, 2.45) is 7.05 Å². The topological polar surface area (TPSA) is 55.6 Å². The molecule has 1 aromatic carbocycles. The molecule has 0 aliphatic heterocycles. The van der Waals surface area contributed by atoms with Crippen LogP contribution in [-0.4, -0.2) is 32.8 Å². The summed E-state index contributed by atoms with van der Waals surface area (Å²) in [5, 5.41) is 16.8. The predicted molar refractivity (Wildman–Crippen MR) is 84.7 cm³/mol. The monoisotopic (exact) mass is 327 g/mol. The predicted octanol–water partition coefficient (Wildman–Crippen LogP) is 2.67. The summed E-state index contributed by atoms with van der Waals surface area (Å²) in [6.07, 6.45) is 2.65. The Hall–Kier alpha value is -1.17. The van der Waals surface area contributed by atoms with Gasteiger partial charge >= 0.3 is 0 Å². The van der Waals surface area contributed by atoms with E-state index in [1.165, 1.54) is 4.80 Å². The highest BCUT2D eigenvalue weighted by Crippen LogP contribution is 2.23. The van der Waals surface area contributed by atoms with E-state index in [-0.39, 0.29) is 6.04 Å². The van der Waals surface area contributed by atoms with Crippen LogP contribution in [0.2, 0.25) is 10.0 Å². The second-order valence-electron chi connectivity index (χ2n) is 5.00. The average Bonchev–Trinajstić information content (AvgIpc) is 2.85. The molecule has 2 aromatic rings. The molecule has 0 saturated carbocycles. The Balaban J connectivity index is 2.06. The molecule has 1 atom stereocenters. The Bertz CT molecular complexity index is 584. The van der Waals surface area contributed by atoms with Crippen LogP contribution in [0.4, 0.5) is 0 Å². The average molecular weight is 328 g/mol. The van der Waals surface area contributed by atoms with Crippen molar-refractivity contribution >= 4 is 23.2 Å². The van der Waals surface area contributed by atoms with Gasteiger partial charge in [0.15, 0.2) is 5.82 Å². The van der Waals surface area contributed by atoms with E-state index in [4.69, 9.17) is 23.2 Å². The van der Waals surface area contributed by atoms with Gasteiger partial charge in [-0.05, 0) is 42.3 Å². The van der Waals surface area contributed by atoms with Gasteiger partial charge in [0.1, 0.15) is 0 Å². The van der Waals surface area contributed by atoms with Crippen LogP contribution in [0.15, 0.2) is 18.2 Å². The van der Waals surface area contributed by atoms with Crippen molar-refractivity contribution in [1.29, 1.82) is 0 Å². The number of aromatic nitrogens is 4. The maximum Gasteiger partial charge on any atom is 0.176 e. The molecule has 2 rings (SSSR count). The highest BCUT2D eigenvalue weighted by atomic mass is 35.5. The van der Waals surface area contributed by atoms with Gasteiger partial charge in [0.2, 0.25) is 0 Å². The minimum Gasteiger partial charge on any atom is -0.313 e. The van der Waals surface area contributed by atoms with E-state index in [0.717, 1.165) is 37.2 Å². The minimum atomic E-state index is 0.242. The van der Waals surface area contributed by atoms with Crippen molar-refractivity contribution in [1.82, 2.24) is 25.5 Å². The molecule has 5 nitrogen and oxygen atoms in total. The van der Waals surface area contributed by atoms with E-state index < -0.39 is 0 Å². The van der Waals surface area contributed by atoms with Gasteiger partial charge in [0, 0.05) is 12.5 Å². The van der Waals surface area contributed by atoms with Gasteiger partial charge in [-0.1, -0.05) is 36.2 Å². The van der Waals surface area contributed by atoms with Gasteiger partial charge < -0.3 is 5.32 Å². The highest BCUT2D eigenvalue weighted by Gasteiger charge is 2.14. The van der Waals surface area contributed by atoms with Crippen LogP contribution >= 0.6 is 23.2 Å². The van der Waals surface area contributed by atoms with Crippen molar-refractivity contribution in [2.45, 2.75) is 32.2 Å². The van der Waals surface area contributed by atoms with Crippen LogP contribution in [0.1, 0.15) is 24.7 Å². The third-order valence-electron chi connectivity index (χ3n) is 3.13. The molecule has 0 saturated heterocycles. The molecule has 0 aliphatic carbocycles. The van der Waals surface area contributed by atoms with Crippen molar-refractivity contribution < 1.29 is 0 Å². The summed E-state index contributed by atoms with van der Waals surface area (Å²) < 4.78 is 0. The lowest BCUT2D eigenvalue weighted by atomic mass is 10.0. The molecule has 0 spiro atoms. The molecule has 21 heavy (non-hydrogen) atoms. The van der Waals surface area contributed by atoms with Crippen LogP contribution in [0.3, 0.4) is 0 Å². The maximum absolute atomic E-state index is 6.07. The second kappa shape index (κ2) is 7.73. The fourth-order valence-corrected chi connectivity index (χ4v) is 2.46. The Labute approximate surface area is 134 Å². The number of aryl methyl sites for hydroxylation is 1. The summed E-state index contributed by atoms with van der Waals surface area (Å²) in [5.41, 5.74) is 1.14. The van der Waals surface area contributed by atoms with Crippen molar-refractivity contribution in [3.05, 3.63) is 39.6 Å². The molecule has 7 heteroatoms. The Morgan fingerprint density at radius 1 is 1.24 bits per heavy atom. The molecular formula is C14H19Cl2N5. The normalized spacial score (nSPS) is 12.6. The fourth-order valence-electron chi connectivity index (χ4n) is 2.14. The molecule has 1 unspecified atom stereocenters. The lowest BCUT2D eigenvalue weighted by Gasteiger charge is -2.17.